The summed E-state index contributed by atoms with van der Waals surface area (Å²) < 4.78 is 4.66. The molecule has 0 aromatic heterocycles. The standard InChI is InChI=1S/C12H18N2O2/c1-13-7-4-8-14-11-6-3-5-10(9-11)12(15)16-2/h3,5-6,9,13-14H,4,7-8H2,1-2H3. The highest BCUT2D eigenvalue weighted by molar-refractivity contribution is 5.90. The van der Waals surface area contributed by atoms with E-state index in [-0.39, 0.29) is 5.97 Å². The number of benzene rings is 1. The molecule has 0 aliphatic heterocycles. The first-order valence-corrected chi connectivity index (χ1v) is 5.34. The van der Waals surface area contributed by atoms with Crippen molar-refractivity contribution >= 4 is 11.7 Å². The maximum absolute atomic E-state index is 11.3. The number of anilines is 1. The number of hydrogen-bond acceptors (Lipinski definition) is 4. The van der Waals surface area contributed by atoms with E-state index in [0.717, 1.165) is 25.2 Å². The molecule has 4 nitrogen and oxygen atoms in total. The Bertz CT molecular complexity index is 340. The summed E-state index contributed by atoms with van der Waals surface area (Å²) in [6, 6.07) is 7.31. The van der Waals surface area contributed by atoms with Crippen LogP contribution in [0.2, 0.25) is 0 Å². The third-order valence-electron chi connectivity index (χ3n) is 2.22. The monoisotopic (exact) mass is 222 g/mol. The molecule has 1 aromatic carbocycles. The predicted octanol–water partition coefficient (Wildman–Crippen LogP) is 1.49. The average molecular weight is 222 g/mol. The highest BCUT2D eigenvalue weighted by atomic mass is 16.5. The van der Waals surface area contributed by atoms with Crippen LogP contribution in [0.1, 0.15) is 16.8 Å². The van der Waals surface area contributed by atoms with Gasteiger partial charge in [-0.2, -0.15) is 0 Å². The van der Waals surface area contributed by atoms with Crippen molar-refractivity contribution < 1.29 is 9.53 Å². The molecule has 0 saturated heterocycles. The van der Waals surface area contributed by atoms with Gasteiger partial charge in [0.1, 0.15) is 0 Å². The number of carbonyl (C=O) groups is 1. The SMILES string of the molecule is CNCCCNc1cccc(C(=O)OC)c1. The largest absolute Gasteiger partial charge is 0.465 e. The van der Waals surface area contributed by atoms with Crippen LogP contribution >= 0.6 is 0 Å². The molecule has 0 aliphatic carbocycles. The highest BCUT2D eigenvalue weighted by Gasteiger charge is 2.04. The number of esters is 1. The topological polar surface area (TPSA) is 50.4 Å². The number of methoxy groups -OCH3 is 1. The predicted molar refractivity (Wildman–Crippen MR) is 64.8 cm³/mol. The third kappa shape index (κ3) is 3.90. The van der Waals surface area contributed by atoms with Gasteiger partial charge in [-0.05, 0) is 38.2 Å². The van der Waals surface area contributed by atoms with Crippen LogP contribution in [0, 0.1) is 0 Å². The molecular weight excluding hydrogens is 204 g/mol. The van der Waals surface area contributed by atoms with Crippen molar-refractivity contribution in [1.29, 1.82) is 0 Å². The molecule has 0 radical (unpaired) electrons. The normalized spacial score (nSPS) is 9.88. The highest BCUT2D eigenvalue weighted by Crippen LogP contribution is 2.11. The van der Waals surface area contributed by atoms with E-state index in [1.807, 2.05) is 19.2 Å². The molecule has 88 valence electrons. The Morgan fingerprint density at radius 3 is 2.88 bits per heavy atom. The molecule has 0 fully saturated rings. The molecule has 2 N–H and O–H groups in total. The summed E-state index contributed by atoms with van der Waals surface area (Å²) in [7, 11) is 3.31. The van der Waals surface area contributed by atoms with E-state index in [0.29, 0.717) is 5.56 Å². The van der Waals surface area contributed by atoms with Crippen LogP contribution in [0.5, 0.6) is 0 Å². The van der Waals surface area contributed by atoms with Crippen molar-refractivity contribution in [3.8, 4) is 0 Å². The van der Waals surface area contributed by atoms with Gasteiger partial charge in [0.15, 0.2) is 0 Å². The Kier molecular flexibility index (Phi) is 5.36. The Hall–Kier alpha value is -1.55. The van der Waals surface area contributed by atoms with Crippen LogP contribution in [0.25, 0.3) is 0 Å². The summed E-state index contributed by atoms with van der Waals surface area (Å²) >= 11 is 0. The lowest BCUT2D eigenvalue weighted by atomic mass is 10.2. The lowest BCUT2D eigenvalue weighted by Gasteiger charge is -2.07. The van der Waals surface area contributed by atoms with Gasteiger partial charge in [-0.1, -0.05) is 6.07 Å². The minimum atomic E-state index is -0.307. The summed E-state index contributed by atoms with van der Waals surface area (Å²) in [4.78, 5) is 11.3. The molecule has 0 spiro atoms. The fraction of sp³-hybridized carbons (Fsp3) is 0.417. The lowest BCUT2D eigenvalue weighted by Crippen LogP contribution is -2.13. The maximum Gasteiger partial charge on any atom is 0.337 e. The van der Waals surface area contributed by atoms with E-state index in [1.54, 1.807) is 12.1 Å². The van der Waals surface area contributed by atoms with Gasteiger partial charge in [0, 0.05) is 12.2 Å². The van der Waals surface area contributed by atoms with E-state index >= 15 is 0 Å². The first kappa shape index (κ1) is 12.5. The molecule has 0 atom stereocenters. The number of hydrogen-bond donors (Lipinski definition) is 2. The summed E-state index contributed by atoms with van der Waals surface area (Å²) in [5.41, 5.74) is 1.51. The molecular formula is C12H18N2O2. The number of ether oxygens (including phenoxy) is 1. The van der Waals surface area contributed by atoms with Gasteiger partial charge >= 0.3 is 5.97 Å². The molecule has 0 saturated carbocycles. The van der Waals surface area contributed by atoms with E-state index in [4.69, 9.17) is 0 Å². The molecule has 0 heterocycles. The molecule has 4 heteroatoms. The molecule has 0 aliphatic rings. The van der Waals surface area contributed by atoms with Crippen molar-refractivity contribution in [2.24, 2.45) is 0 Å². The second kappa shape index (κ2) is 6.85. The van der Waals surface area contributed by atoms with Crippen LogP contribution in [-0.2, 0) is 4.74 Å². The van der Waals surface area contributed by atoms with Crippen LogP contribution in [0.15, 0.2) is 24.3 Å². The van der Waals surface area contributed by atoms with E-state index in [2.05, 4.69) is 15.4 Å². The maximum atomic E-state index is 11.3. The molecule has 16 heavy (non-hydrogen) atoms. The second-order valence-electron chi connectivity index (χ2n) is 3.46. The Morgan fingerprint density at radius 2 is 2.19 bits per heavy atom. The van der Waals surface area contributed by atoms with Crippen molar-refractivity contribution in [2.45, 2.75) is 6.42 Å². The fourth-order valence-corrected chi connectivity index (χ4v) is 1.37. The quantitative estimate of drug-likeness (QED) is 0.565. The van der Waals surface area contributed by atoms with Crippen LogP contribution in [-0.4, -0.2) is 33.2 Å². The van der Waals surface area contributed by atoms with Gasteiger partial charge in [-0.3, -0.25) is 0 Å². The van der Waals surface area contributed by atoms with Gasteiger partial charge in [-0.15, -0.1) is 0 Å². The van der Waals surface area contributed by atoms with Gasteiger partial charge in [0.2, 0.25) is 0 Å². The van der Waals surface area contributed by atoms with E-state index in [9.17, 15) is 4.79 Å². The van der Waals surface area contributed by atoms with E-state index < -0.39 is 0 Å². The van der Waals surface area contributed by atoms with Crippen molar-refractivity contribution in [3.05, 3.63) is 29.8 Å². The molecule has 1 aromatic rings. The second-order valence-corrected chi connectivity index (χ2v) is 3.46. The zero-order chi connectivity index (χ0) is 11.8. The summed E-state index contributed by atoms with van der Waals surface area (Å²) in [5.74, 6) is -0.307. The van der Waals surface area contributed by atoms with Crippen LogP contribution < -0.4 is 10.6 Å². The van der Waals surface area contributed by atoms with Gasteiger partial charge in [-0.25, -0.2) is 4.79 Å². The molecule has 0 amide bonds. The molecule has 0 unspecified atom stereocenters. The van der Waals surface area contributed by atoms with Crippen LogP contribution in [0.4, 0.5) is 5.69 Å². The van der Waals surface area contributed by atoms with Crippen LogP contribution in [0.3, 0.4) is 0 Å². The summed E-state index contributed by atoms with van der Waals surface area (Å²) in [5, 5.41) is 6.33. The Morgan fingerprint density at radius 1 is 1.38 bits per heavy atom. The number of carbonyl (C=O) groups excluding carboxylic acids is 1. The third-order valence-corrected chi connectivity index (χ3v) is 2.22. The minimum absolute atomic E-state index is 0.307. The summed E-state index contributed by atoms with van der Waals surface area (Å²) in [6.45, 7) is 1.86. The van der Waals surface area contributed by atoms with Gasteiger partial charge in [0.25, 0.3) is 0 Å². The van der Waals surface area contributed by atoms with Gasteiger partial charge < -0.3 is 15.4 Å². The Labute approximate surface area is 96.0 Å². The van der Waals surface area contributed by atoms with Crippen molar-refractivity contribution in [2.75, 3.05) is 32.6 Å². The Balaban J connectivity index is 2.50. The van der Waals surface area contributed by atoms with Crippen molar-refractivity contribution in [1.82, 2.24) is 5.32 Å². The molecule has 1 rings (SSSR count). The van der Waals surface area contributed by atoms with Gasteiger partial charge in [0.05, 0.1) is 12.7 Å². The summed E-state index contributed by atoms with van der Waals surface area (Å²) in [6.07, 6.45) is 1.04. The lowest BCUT2D eigenvalue weighted by molar-refractivity contribution is 0.0601. The van der Waals surface area contributed by atoms with Crippen molar-refractivity contribution in [3.63, 3.8) is 0 Å². The number of rotatable bonds is 6. The zero-order valence-corrected chi connectivity index (χ0v) is 9.75. The zero-order valence-electron chi connectivity index (χ0n) is 9.75. The van der Waals surface area contributed by atoms with E-state index in [1.165, 1.54) is 7.11 Å². The first-order chi connectivity index (χ1) is 7.77. The smallest absolute Gasteiger partial charge is 0.337 e. The fourth-order valence-electron chi connectivity index (χ4n) is 1.37. The number of nitrogens with one attached hydrogen (secondary N) is 2. The molecule has 0 bridgehead atoms. The average Bonchev–Trinajstić information content (AvgIpc) is 2.34. The minimum Gasteiger partial charge on any atom is -0.465 e. The first-order valence-electron chi connectivity index (χ1n) is 5.34.